The van der Waals surface area contributed by atoms with Gasteiger partial charge in [-0.25, -0.2) is 9.18 Å². The highest BCUT2D eigenvalue weighted by molar-refractivity contribution is 6.39. The van der Waals surface area contributed by atoms with Crippen LogP contribution in [0.25, 0.3) is 0 Å². The molecule has 0 aliphatic heterocycles. The van der Waals surface area contributed by atoms with E-state index < -0.39 is 17.4 Å². The van der Waals surface area contributed by atoms with E-state index in [0.29, 0.717) is 0 Å². The molecule has 0 bridgehead atoms. The Morgan fingerprint density at radius 3 is 2.40 bits per heavy atom. The summed E-state index contributed by atoms with van der Waals surface area (Å²) >= 11 is 0. The molecule has 0 amide bonds. The Morgan fingerprint density at radius 1 is 1.33 bits per heavy atom. The number of rotatable bonds is 3. The van der Waals surface area contributed by atoms with Crippen molar-refractivity contribution in [2.45, 2.75) is 19.5 Å². The van der Waals surface area contributed by atoms with Crippen LogP contribution in [0.1, 0.15) is 29.8 Å². The van der Waals surface area contributed by atoms with Gasteiger partial charge in [-0.05, 0) is 25.5 Å². The normalized spacial score (nSPS) is 11.1. The van der Waals surface area contributed by atoms with E-state index in [1.54, 1.807) is 0 Å². The van der Waals surface area contributed by atoms with Gasteiger partial charge in [-0.15, -0.1) is 0 Å². The van der Waals surface area contributed by atoms with Crippen molar-refractivity contribution >= 4 is 11.8 Å². The van der Waals surface area contributed by atoms with E-state index in [1.807, 2.05) is 0 Å². The minimum atomic E-state index is -1.59. The lowest BCUT2D eigenvalue weighted by atomic mass is 9.97. The maximum atomic E-state index is 13.5. The predicted molar refractivity (Wildman–Crippen MR) is 52.5 cm³/mol. The van der Waals surface area contributed by atoms with Crippen LogP contribution in [0.15, 0.2) is 24.3 Å². The topological polar surface area (TPSA) is 54.4 Å². The van der Waals surface area contributed by atoms with Crippen LogP contribution in [0.5, 0.6) is 0 Å². The largest absolute Gasteiger partial charge is 0.475 e. The average Bonchev–Trinajstić information content (AvgIpc) is 2.15. The summed E-state index contributed by atoms with van der Waals surface area (Å²) in [6.07, 6.45) is 0. The third kappa shape index (κ3) is 2.62. The van der Waals surface area contributed by atoms with E-state index in [1.165, 1.54) is 38.1 Å². The van der Waals surface area contributed by atoms with Crippen LogP contribution in [-0.4, -0.2) is 16.9 Å². The third-order valence-corrected chi connectivity index (χ3v) is 2.01. The molecule has 1 N–H and O–H groups in total. The van der Waals surface area contributed by atoms with Crippen molar-refractivity contribution in [2.24, 2.45) is 0 Å². The van der Waals surface area contributed by atoms with Gasteiger partial charge in [0.2, 0.25) is 0 Å². The second-order valence-corrected chi connectivity index (χ2v) is 3.69. The van der Waals surface area contributed by atoms with Gasteiger partial charge in [0.15, 0.2) is 0 Å². The fraction of sp³-hybridized carbons (Fsp3) is 0.273. The van der Waals surface area contributed by atoms with Crippen LogP contribution in [0, 0.1) is 0 Å². The lowest BCUT2D eigenvalue weighted by Gasteiger charge is -2.14. The molecule has 0 heterocycles. The SMILES string of the molecule is CC(C)(F)c1cccc(C(=O)C(=O)O)c1. The first kappa shape index (κ1) is 11.4. The summed E-state index contributed by atoms with van der Waals surface area (Å²) in [6.45, 7) is 2.69. The number of carboxylic acid groups (broad SMARTS) is 1. The van der Waals surface area contributed by atoms with E-state index in [2.05, 4.69) is 0 Å². The molecule has 0 radical (unpaired) electrons. The maximum Gasteiger partial charge on any atom is 0.377 e. The smallest absolute Gasteiger partial charge is 0.377 e. The number of benzene rings is 1. The Bertz CT molecular complexity index is 405. The Hall–Kier alpha value is -1.71. The molecule has 80 valence electrons. The molecule has 0 aliphatic carbocycles. The van der Waals surface area contributed by atoms with E-state index in [4.69, 9.17) is 5.11 Å². The molecule has 15 heavy (non-hydrogen) atoms. The second-order valence-electron chi connectivity index (χ2n) is 3.69. The number of hydrogen-bond acceptors (Lipinski definition) is 2. The lowest BCUT2D eigenvalue weighted by molar-refractivity contribution is -0.131. The third-order valence-electron chi connectivity index (χ3n) is 2.01. The quantitative estimate of drug-likeness (QED) is 0.614. The standard InChI is InChI=1S/C11H11FO3/c1-11(2,12)8-5-3-4-7(6-8)9(13)10(14)15/h3-6H,1-2H3,(H,14,15). The van der Waals surface area contributed by atoms with Gasteiger partial charge in [-0.1, -0.05) is 18.2 Å². The molecule has 0 aromatic heterocycles. The lowest BCUT2D eigenvalue weighted by Crippen LogP contribution is -2.15. The van der Waals surface area contributed by atoms with E-state index in [9.17, 15) is 14.0 Å². The molecule has 4 heteroatoms. The number of aliphatic carboxylic acids is 1. The molecular weight excluding hydrogens is 199 g/mol. The van der Waals surface area contributed by atoms with Crippen LogP contribution in [0.4, 0.5) is 4.39 Å². The first-order valence-corrected chi connectivity index (χ1v) is 4.39. The number of hydrogen-bond donors (Lipinski definition) is 1. The van der Waals surface area contributed by atoms with Gasteiger partial charge in [0.1, 0.15) is 5.67 Å². The molecule has 1 rings (SSSR count). The highest BCUT2D eigenvalue weighted by Crippen LogP contribution is 2.25. The van der Waals surface area contributed by atoms with Gasteiger partial charge < -0.3 is 5.11 Å². The summed E-state index contributed by atoms with van der Waals surface area (Å²) in [5, 5.41) is 8.49. The van der Waals surface area contributed by atoms with E-state index in [0.717, 1.165) is 0 Å². The van der Waals surface area contributed by atoms with E-state index >= 15 is 0 Å². The van der Waals surface area contributed by atoms with Crippen molar-refractivity contribution in [2.75, 3.05) is 0 Å². The average molecular weight is 210 g/mol. The van der Waals surface area contributed by atoms with Crippen LogP contribution < -0.4 is 0 Å². The van der Waals surface area contributed by atoms with Crippen LogP contribution in [0.3, 0.4) is 0 Å². The zero-order chi connectivity index (χ0) is 11.6. The number of halogens is 1. The molecule has 0 unspecified atom stereocenters. The minimum Gasteiger partial charge on any atom is -0.475 e. The first-order valence-electron chi connectivity index (χ1n) is 4.39. The summed E-state index contributed by atoms with van der Waals surface area (Å²) in [5.41, 5.74) is -1.31. The van der Waals surface area contributed by atoms with Crippen molar-refractivity contribution < 1.29 is 19.1 Å². The Morgan fingerprint density at radius 2 is 1.93 bits per heavy atom. The van der Waals surface area contributed by atoms with Crippen molar-refractivity contribution in [1.29, 1.82) is 0 Å². The van der Waals surface area contributed by atoms with Gasteiger partial charge in [0, 0.05) is 5.56 Å². The molecule has 0 fully saturated rings. The molecule has 1 aromatic rings. The first-order chi connectivity index (χ1) is 6.82. The highest BCUT2D eigenvalue weighted by Gasteiger charge is 2.21. The zero-order valence-electron chi connectivity index (χ0n) is 8.45. The van der Waals surface area contributed by atoms with Crippen LogP contribution in [0.2, 0.25) is 0 Å². The minimum absolute atomic E-state index is 0.00859. The molecule has 0 atom stereocenters. The second kappa shape index (κ2) is 3.81. The highest BCUT2D eigenvalue weighted by atomic mass is 19.1. The molecular formula is C11H11FO3. The van der Waals surface area contributed by atoms with Crippen molar-refractivity contribution in [1.82, 2.24) is 0 Å². The monoisotopic (exact) mass is 210 g/mol. The fourth-order valence-electron chi connectivity index (χ4n) is 1.15. The molecule has 0 aliphatic rings. The summed E-state index contributed by atoms with van der Waals surface area (Å²) < 4.78 is 13.5. The van der Waals surface area contributed by atoms with Crippen molar-refractivity contribution in [3.63, 3.8) is 0 Å². The molecule has 1 aromatic carbocycles. The van der Waals surface area contributed by atoms with E-state index in [-0.39, 0.29) is 11.1 Å². The number of carbonyl (C=O) groups excluding carboxylic acids is 1. The Labute approximate surface area is 86.5 Å². The number of alkyl halides is 1. The predicted octanol–water partition coefficient (Wildman–Crippen LogP) is 2.16. The number of Topliss-reactive ketones (excluding diaryl/α,β-unsaturated/α-hetero) is 1. The fourth-order valence-corrected chi connectivity index (χ4v) is 1.15. The molecule has 0 spiro atoms. The molecule has 0 saturated carbocycles. The van der Waals surface area contributed by atoms with Crippen LogP contribution in [-0.2, 0) is 10.5 Å². The zero-order valence-corrected chi connectivity index (χ0v) is 8.45. The van der Waals surface area contributed by atoms with Gasteiger partial charge in [-0.2, -0.15) is 0 Å². The van der Waals surface area contributed by atoms with Crippen molar-refractivity contribution in [3.8, 4) is 0 Å². The number of carbonyl (C=O) groups is 2. The van der Waals surface area contributed by atoms with Gasteiger partial charge >= 0.3 is 5.97 Å². The van der Waals surface area contributed by atoms with Gasteiger partial charge in [-0.3, -0.25) is 4.79 Å². The number of ketones is 1. The number of carboxylic acids is 1. The summed E-state index contributed by atoms with van der Waals surface area (Å²) in [4.78, 5) is 21.5. The van der Waals surface area contributed by atoms with Crippen LogP contribution >= 0.6 is 0 Å². The maximum absolute atomic E-state index is 13.5. The van der Waals surface area contributed by atoms with Gasteiger partial charge in [0.05, 0.1) is 0 Å². The Balaban J connectivity index is 3.14. The van der Waals surface area contributed by atoms with Gasteiger partial charge in [0.25, 0.3) is 5.78 Å². The molecule has 0 saturated heterocycles. The summed E-state index contributed by atoms with van der Waals surface area (Å²) in [7, 11) is 0. The Kier molecular flexibility index (Phi) is 2.88. The summed E-state index contributed by atoms with van der Waals surface area (Å²) in [5.74, 6) is -2.56. The summed E-state index contributed by atoms with van der Waals surface area (Å²) in [6, 6.07) is 5.59. The molecule has 3 nitrogen and oxygen atoms in total. The van der Waals surface area contributed by atoms with Crippen molar-refractivity contribution in [3.05, 3.63) is 35.4 Å².